The molecule has 2 heterocycles. The fraction of sp³-hybridized carbons (Fsp3) is 0.500. The van der Waals surface area contributed by atoms with Crippen molar-refractivity contribution in [2.75, 3.05) is 44.6 Å². The number of amides is 2. The van der Waals surface area contributed by atoms with Gasteiger partial charge in [0.05, 0.1) is 6.54 Å². The van der Waals surface area contributed by atoms with Gasteiger partial charge in [0, 0.05) is 44.6 Å². The fourth-order valence-corrected chi connectivity index (χ4v) is 3.94. The van der Waals surface area contributed by atoms with Gasteiger partial charge in [-0.1, -0.05) is 44.2 Å². The van der Waals surface area contributed by atoms with Crippen LogP contribution in [0.25, 0.3) is 0 Å². The number of rotatable bonds is 9. The number of piperazine rings is 1. The third-order valence-electron chi connectivity index (χ3n) is 5.08. The Hall–Kier alpha value is -2.45. The highest BCUT2D eigenvalue weighted by Crippen LogP contribution is 2.18. The Bertz CT molecular complexity index is 816. The van der Waals surface area contributed by atoms with Gasteiger partial charge in [0.25, 0.3) is 5.91 Å². The van der Waals surface area contributed by atoms with Crippen LogP contribution in [0.1, 0.15) is 36.3 Å². The number of benzene rings is 1. The first-order valence-corrected chi connectivity index (χ1v) is 11.4. The maximum absolute atomic E-state index is 12.8. The summed E-state index contributed by atoms with van der Waals surface area (Å²) in [5.74, 6) is 0.601. The Labute approximate surface area is 182 Å². The summed E-state index contributed by atoms with van der Waals surface area (Å²) >= 11 is 1.45. The van der Waals surface area contributed by atoms with Crippen LogP contribution in [0.15, 0.2) is 35.7 Å². The van der Waals surface area contributed by atoms with Gasteiger partial charge in [0.15, 0.2) is 5.13 Å². The van der Waals surface area contributed by atoms with E-state index in [1.165, 1.54) is 16.9 Å². The van der Waals surface area contributed by atoms with Gasteiger partial charge >= 0.3 is 0 Å². The standard InChI is InChI=1S/C22H31N5O2S/c1-17(2)8-9-23-20(28)15-26-10-12-27(13-11-26)21(29)19-16-30-22(25-19)24-14-18-6-4-3-5-7-18/h3-7,16-17H,8-15H2,1-2H3,(H,23,28)(H,24,25). The molecular weight excluding hydrogens is 398 g/mol. The lowest BCUT2D eigenvalue weighted by Gasteiger charge is -2.34. The van der Waals surface area contributed by atoms with Crippen molar-refractivity contribution >= 4 is 28.3 Å². The van der Waals surface area contributed by atoms with Crippen molar-refractivity contribution in [3.8, 4) is 0 Å². The van der Waals surface area contributed by atoms with E-state index >= 15 is 0 Å². The highest BCUT2D eigenvalue weighted by Gasteiger charge is 2.24. The van der Waals surface area contributed by atoms with E-state index in [1.54, 1.807) is 0 Å². The van der Waals surface area contributed by atoms with Gasteiger partial charge in [0.2, 0.25) is 5.91 Å². The predicted molar refractivity (Wildman–Crippen MR) is 121 cm³/mol. The maximum atomic E-state index is 12.8. The number of thiazole rings is 1. The van der Waals surface area contributed by atoms with Crippen molar-refractivity contribution < 1.29 is 9.59 Å². The summed E-state index contributed by atoms with van der Waals surface area (Å²) in [4.78, 5) is 33.2. The first kappa shape index (κ1) is 22.2. The summed E-state index contributed by atoms with van der Waals surface area (Å²) in [5.41, 5.74) is 1.65. The quantitative estimate of drug-likeness (QED) is 0.641. The zero-order chi connectivity index (χ0) is 21.3. The van der Waals surface area contributed by atoms with Crippen molar-refractivity contribution in [1.29, 1.82) is 0 Å². The third-order valence-corrected chi connectivity index (χ3v) is 5.88. The number of aromatic nitrogens is 1. The van der Waals surface area contributed by atoms with Gasteiger partial charge < -0.3 is 15.5 Å². The van der Waals surface area contributed by atoms with E-state index in [4.69, 9.17) is 0 Å². The molecule has 2 amide bonds. The van der Waals surface area contributed by atoms with Gasteiger partial charge in [0.1, 0.15) is 5.69 Å². The molecule has 7 nitrogen and oxygen atoms in total. The maximum Gasteiger partial charge on any atom is 0.273 e. The summed E-state index contributed by atoms with van der Waals surface area (Å²) in [5, 5.41) is 8.80. The Kier molecular flexibility index (Phi) is 8.21. The van der Waals surface area contributed by atoms with Crippen LogP contribution in [0, 0.1) is 5.92 Å². The normalized spacial score (nSPS) is 14.7. The van der Waals surface area contributed by atoms with Crippen molar-refractivity contribution in [1.82, 2.24) is 20.1 Å². The minimum atomic E-state index is -0.0416. The lowest BCUT2D eigenvalue weighted by atomic mass is 10.1. The van der Waals surface area contributed by atoms with Crippen molar-refractivity contribution in [2.24, 2.45) is 5.92 Å². The van der Waals surface area contributed by atoms with E-state index in [2.05, 4.69) is 46.5 Å². The SMILES string of the molecule is CC(C)CCNC(=O)CN1CCN(C(=O)c2csc(NCc3ccccc3)n2)CC1. The molecule has 162 valence electrons. The van der Waals surface area contributed by atoms with Crippen LogP contribution < -0.4 is 10.6 Å². The number of hydrogen-bond donors (Lipinski definition) is 2. The van der Waals surface area contributed by atoms with Crippen LogP contribution >= 0.6 is 11.3 Å². The van der Waals surface area contributed by atoms with E-state index in [-0.39, 0.29) is 11.8 Å². The highest BCUT2D eigenvalue weighted by molar-refractivity contribution is 7.13. The molecule has 1 aliphatic heterocycles. The van der Waals surface area contributed by atoms with Gasteiger partial charge in [-0.3, -0.25) is 14.5 Å². The molecule has 0 unspecified atom stereocenters. The van der Waals surface area contributed by atoms with Crippen LogP contribution in [0.5, 0.6) is 0 Å². The van der Waals surface area contributed by atoms with Crippen LogP contribution in [0.3, 0.4) is 0 Å². The molecule has 3 rings (SSSR count). The Balaban J connectivity index is 1.41. The number of nitrogens with zero attached hydrogens (tertiary/aromatic N) is 3. The van der Waals surface area contributed by atoms with E-state index in [9.17, 15) is 9.59 Å². The molecule has 1 fully saturated rings. The van der Waals surface area contributed by atoms with E-state index in [0.717, 1.165) is 18.1 Å². The zero-order valence-corrected chi connectivity index (χ0v) is 18.6. The van der Waals surface area contributed by atoms with E-state index < -0.39 is 0 Å². The van der Waals surface area contributed by atoms with Gasteiger partial charge in [-0.05, 0) is 17.9 Å². The Morgan fingerprint density at radius 2 is 1.87 bits per heavy atom. The molecule has 2 aromatic rings. The molecule has 1 aromatic heterocycles. The number of carbonyl (C=O) groups excluding carboxylic acids is 2. The second-order valence-corrected chi connectivity index (χ2v) is 8.84. The average molecular weight is 430 g/mol. The molecule has 1 aromatic carbocycles. The minimum absolute atomic E-state index is 0.0416. The first-order chi connectivity index (χ1) is 14.5. The molecule has 8 heteroatoms. The summed E-state index contributed by atoms with van der Waals surface area (Å²) in [6.07, 6.45) is 0.990. The highest BCUT2D eigenvalue weighted by atomic mass is 32.1. The molecule has 0 saturated carbocycles. The lowest BCUT2D eigenvalue weighted by molar-refractivity contribution is -0.122. The average Bonchev–Trinajstić information content (AvgIpc) is 3.22. The largest absolute Gasteiger partial charge is 0.357 e. The van der Waals surface area contributed by atoms with E-state index in [1.807, 2.05) is 28.5 Å². The van der Waals surface area contributed by atoms with Crippen molar-refractivity contribution in [2.45, 2.75) is 26.8 Å². The monoisotopic (exact) mass is 429 g/mol. The van der Waals surface area contributed by atoms with Gasteiger partial charge in [-0.15, -0.1) is 11.3 Å². The Morgan fingerprint density at radius 1 is 1.13 bits per heavy atom. The van der Waals surface area contributed by atoms with Crippen LogP contribution in [-0.2, 0) is 11.3 Å². The molecule has 0 radical (unpaired) electrons. The van der Waals surface area contributed by atoms with Crippen LogP contribution in [-0.4, -0.2) is 65.9 Å². The second-order valence-electron chi connectivity index (χ2n) is 7.98. The summed E-state index contributed by atoms with van der Waals surface area (Å²) in [6, 6.07) is 10.1. The number of carbonyl (C=O) groups is 2. The molecule has 30 heavy (non-hydrogen) atoms. The van der Waals surface area contributed by atoms with Crippen molar-refractivity contribution in [3.05, 3.63) is 47.0 Å². The molecule has 1 aliphatic rings. The molecule has 0 aliphatic carbocycles. The lowest BCUT2D eigenvalue weighted by Crippen LogP contribution is -2.51. The molecule has 2 N–H and O–H groups in total. The predicted octanol–water partition coefficient (Wildman–Crippen LogP) is 2.68. The second kappa shape index (κ2) is 11.1. The topological polar surface area (TPSA) is 77.6 Å². The summed E-state index contributed by atoms with van der Waals surface area (Å²) in [7, 11) is 0. The molecule has 0 spiro atoms. The van der Waals surface area contributed by atoms with Crippen LogP contribution in [0.2, 0.25) is 0 Å². The van der Waals surface area contributed by atoms with Crippen molar-refractivity contribution in [3.63, 3.8) is 0 Å². The number of anilines is 1. The third kappa shape index (κ3) is 6.81. The molecular formula is C22H31N5O2S. The summed E-state index contributed by atoms with van der Waals surface area (Å²) < 4.78 is 0. The minimum Gasteiger partial charge on any atom is -0.357 e. The molecule has 0 bridgehead atoms. The first-order valence-electron chi connectivity index (χ1n) is 10.5. The number of hydrogen-bond acceptors (Lipinski definition) is 6. The van der Waals surface area contributed by atoms with Gasteiger partial charge in [-0.2, -0.15) is 0 Å². The van der Waals surface area contributed by atoms with E-state index in [0.29, 0.717) is 50.9 Å². The molecule has 1 saturated heterocycles. The summed E-state index contributed by atoms with van der Waals surface area (Å²) in [6.45, 7) is 8.72. The number of nitrogens with one attached hydrogen (secondary N) is 2. The van der Waals surface area contributed by atoms with Gasteiger partial charge in [-0.25, -0.2) is 4.98 Å². The molecule has 0 atom stereocenters. The van der Waals surface area contributed by atoms with Crippen LogP contribution in [0.4, 0.5) is 5.13 Å². The smallest absolute Gasteiger partial charge is 0.273 e. The fourth-order valence-electron chi connectivity index (χ4n) is 3.26. The zero-order valence-electron chi connectivity index (χ0n) is 17.8. The Morgan fingerprint density at radius 3 is 2.57 bits per heavy atom.